The summed E-state index contributed by atoms with van der Waals surface area (Å²) in [6.45, 7) is 3.77. The lowest BCUT2D eigenvalue weighted by Gasteiger charge is -2.14. The minimum absolute atomic E-state index is 0.0857. The molecule has 0 saturated carbocycles. The second kappa shape index (κ2) is 6.66. The summed E-state index contributed by atoms with van der Waals surface area (Å²) in [7, 11) is 0. The van der Waals surface area contributed by atoms with E-state index in [0.29, 0.717) is 28.4 Å². The van der Waals surface area contributed by atoms with Crippen molar-refractivity contribution in [3.05, 3.63) is 63.9 Å². The molecule has 0 bridgehead atoms. The molecule has 5 nitrogen and oxygen atoms in total. The maximum atomic E-state index is 13.2. The molecule has 0 N–H and O–H groups in total. The standard InChI is InChI=1S/C19H15F3N4OS/c1-11-7-8-12(2)15(9-11)25-16(27)13-5-3-4-6-14(13)26-17(25)23-24-18(26)28-10-19(20,21)22/h3-9H,10H2,1-2H3. The van der Waals surface area contributed by atoms with Gasteiger partial charge in [-0.2, -0.15) is 13.2 Å². The Morgan fingerprint density at radius 1 is 1.07 bits per heavy atom. The fourth-order valence-corrected chi connectivity index (χ4v) is 3.80. The van der Waals surface area contributed by atoms with Crippen LogP contribution in [0.5, 0.6) is 0 Å². The minimum atomic E-state index is -4.34. The van der Waals surface area contributed by atoms with Crippen molar-refractivity contribution < 1.29 is 13.2 Å². The van der Waals surface area contributed by atoms with Crippen LogP contribution in [0.3, 0.4) is 0 Å². The van der Waals surface area contributed by atoms with Gasteiger partial charge in [0.15, 0.2) is 5.16 Å². The van der Waals surface area contributed by atoms with Crippen LogP contribution in [0.15, 0.2) is 52.4 Å². The molecule has 2 aromatic carbocycles. The first kappa shape index (κ1) is 18.5. The Bertz CT molecular complexity index is 1260. The topological polar surface area (TPSA) is 52.2 Å². The van der Waals surface area contributed by atoms with E-state index in [1.807, 2.05) is 32.0 Å². The number of aryl methyl sites for hydroxylation is 2. The number of halogens is 3. The molecule has 144 valence electrons. The van der Waals surface area contributed by atoms with Gasteiger partial charge in [-0.3, -0.25) is 9.20 Å². The molecule has 2 heterocycles. The van der Waals surface area contributed by atoms with Crippen molar-refractivity contribution in [3.8, 4) is 5.69 Å². The van der Waals surface area contributed by atoms with Gasteiger partial charge in [0, 0.05) is 0 Å². The fourth-order valence-electron chi connectivity index (χ4n) is 3.10. The maximum absolute atomic E-state index is 13.2. The molecular formula is C19H15F3N4OS. The monoisotopic (exact) mass is 404 g/mol. The molecule has 0 atom stereocenters. The second-order valence-corrected chi connectivity index (χ2v) is 7.41. The van der Waals surface area contributed by atoms with Crippen molar-refractivity contribution in [3.63, 3.8) is 0 Å². The van der Waals surface area contributed by atoms with E-state index in [-0.39, 0.29) is 16.5 Å². The number of aromatic nitrogens is 4. The third-order valence-electron chi connectivity index (χ3n) is 4.37. The highest BCUT2D eigenvalue weighted by Gasteiger charge is 2.29. The van der Waals surface area contributed by atoms with Gasteiger partial charge < -0.3 is 0 Å². The number of hydrogen-bond donors (Lipinski definition) is 0. The average Bonchev–Trinajstić information content (AvgIpc) is 3.06. The van der Waals surface area contributed by atoms with Crippen molar-refractivity contribution in [1.29, 1.82) is 0 Å². The van der Waals surface area contributed by atoms with Crippen LogP contribution in [0, 0.1) is 13.8 Å². The Labute approximate surface area is 161 Å². The molecule has 4 rings (SSSR count). The van der Waals surface area contributed by atoms with E-state index in [1.165, 1.54) is 8.97 Å². The van der Waals surface area contributed by atoms with E-state index in [0.717, 1.165) is 11.1 Å². The van der Waals surface area contributed by atoms with Crippen molar-refractivity contribution in [1.82, 2.24) is 19.2 Å². The van der Waals surface area contributed by atoms with Gasteiger partial charge in [0.1, 0.15) is 0 Å². The number of alkyl halides is 3. The van der Waals surface area contributed by atoms with E-state index in [1.54, 1.807) is 24.3 Å². The van der Waals surface area contributed by atoms with E-state index >= 15 is 0 Å². The SMILES string of the molecule is Cc1ccc(C)c(-n2c(=O)c3ccccc3n3c(SCC(F)(F)F)nnc23)c1. The lowest BCUT2D eigenvalue weighted by Crippen LogP contribution is -2.22. The maximum Gasteiger partial charge on any atom is 0.398 e. The Hall–Kier alpha value is -2.81. The van der Waals surface area contributed by atoms with Gasteiger partial charge in [-0.05, 0) is 43.2 Å². The zero-order valence-corrected chi connectivity index (χ0v) is 15.8. The summed E-state index contributed by atoms with van der Waals surface area (Å²) in [5, 5.41) is 8.47. The molecule has 0 aliphatic heterocycles. The van der Waals surface area contributed by atoms with Crippen molar-refractivity contribution in [2.24, 2.45) is 0 Å². The van der Waals surface area contributed by atoms with Gasteiger partial charge in [0.2, 0.25) is 5.78 Å². The van der Waals surface area contributed by atoms with Crippen LogP contribution in [0.1, 0.15) is 11.1 Å². The highest BCUT2D eigenvalue weighted by atomic mass is 32.2. The number of nitrogens with zero attached hydrogens (tertiary/aromatic N) is 4. The van der Waals surface area contributed by atoms with Crippen molar-refractivity contribution >= 4 is 28.4 Å². The summed E-state index contributed by atoms with van der Waals surface area (Å²) < 4.78 is 41.1. The van der Waals surface area contributed by atoms with Crippen LogP contribution in [0.25, 0.3) is 22.4 Å². The number of rotatable bonds is 3. The van der Waals surface area contributed by atoms with E-state index < -0.39 is 11.9 Å². The molecular weight excluding hydrogens is 389 g/mol. The number of benzene rings is 2. The summed E-state index contributed by atoms with van der Waals surface area (Å²) >= 11 is 0.544. The lowest BCUT2D eigenvalue weighted by atomic mass is 10.1. The Balaban J connectivity index is 2.08. The summed E-state index contributed by atoms with van der Waals surface area (Å²) in [5.74, 6) is -0.910. The number of fused-ring (bicyclic) bond motifs is 3. The molecule has 2 aromatic heterocycles. The van der Waals surface area contributed by atoms with Crippen molar-refractivity contribution in [2.45, 2.75) is 25.2 Å². The zero-order chi connectivity index (χ0) is 20.1. The fraction of sp³-hybridized carbons (Fsp3) is 0.211. The van der Waals surface area contributed by atoms with Gasteiger partial charge >= 0.3 is 6.18 Å². The Kier molecular flexibility index (Phi) is 4.41. The zero-order valence-electron chi connectivity index (χ0n) is 15.0. The molecule has 0 spiro atoms. The highest BCUT2D eigenvalue weighted by Crippen LogP contribution is 2.29. The molecule has 0 aliphatic rings. The Morgan fingerprint density at radius 2 is 1.82 bits per heavy atom. The average molecular weight is 404 g/mol. The highest BCUT2D eigenvalue weighted by molar-refractivity contribution is 7.99. The van der Waals surface area contributed by atoms with Gasteiger partial charge in [-0.1, -0.05) is 36.0 Å². The predicted molar refractivity (Wildman–Crippen MR) is 102 cm³/mol. The molecule has 28 heavy (non-hydrogen) atoms. The molecule has 0 amide bonds. The smallest absolute Gasteiger partial charge is 0.268 e. The quantitative estimate of drug-likeness (QED) is 0.478. The molecule has 4 aromatic rings. The molecule has 0 aliphatic carbocycles. The summed E-state index contributed by atoms with van der Waals surface area (Å²) in [5.41, 5.74) is 2.60. The van der Waals surface area contributed by atoms with Crippen LogP contribution in [-0.4, -0.2) is 31.1 Å². The molecule has 0 saturated heterocycles. The molecule has 0 unspecified atom stereocenters. The molecule has 0 radical (unpaired) electrons. The molecule has 0 fully saturated rings. The Morgan fingerprint density at radius 3 is 2.57 bits per heavy atom. The third-order valence-corrected chi connectivity index (χ3v) is 5.36. The summed E-state index contributed by atoms with van der Waals surface area (Å²) in [6, 6.07) is 12.4. The number of hydrogen-bond acceptors (Lipinski definition) is 4. The van der Waals surface area contributed by atoms with Gasteiger partial charge in [0.05, 0.1) is 22.3 Å². The molecule has 9 heteroatoms. The predicted octanol–water partition coefficient (Wildman–Crippen LogP) is 4.30. The summed E-state index contributed by atoms with van der Waals surface area (Å²) in [6.07, 6.45) is -4.34. The van der Waals surface area contributed by atoms with Crippen LogP contribution >= 0.6 is 11.8 Å². The second-order valence-electron chi connectivity index (χ2n) is 6.47. The number of thioether (sulfide) groups is 1. The van der Waals surface area contributed by atoms with Crippen LogP contribution < -0.4 is 5.56 Å². The van der Waals surface area contributed by atoms with E-state index in [9.17, 15) is 18.0 Å². The lowest BCUT2D eigenvalue weighted by molar-refractivity contribution is -0.105. The third kappa shape index (κ3) is 3.15. The van der Waals surface area contributed by atoms with Crippen LogP contribution in [0.2, 0.25) is 0 Å². The summed E-state index contributed by atoms with van der Waals surface area (Å²) in [4.78, 5) is 13.2. The van der Waals surface area contributed by atoms with E-state index in [2.05, 4.69) is 10.2 Å². The van der Waals surface area contributed by atoms with Crippen LogP contribution in [-0.2, 0) is 0 Å². The first-order chi connectivity index (χ1) is 13.3. The van der Waals surface area contributed by atoms with Crippen molar-refractivity contribution in [2.75, 3.05) is 5.75 Å². The largest absolute Gasteiger partial charge is 0.398 e. The first-order valence-corrected chi connectivity index (χ1v) is 9.41. The normalized spacial score (nSPS) is 12.2. The minimum Gasteiger partial charge on any atom is -0.268 e. The van der Waals surface area contributed by atoms with Crippen LogP contribution in [0.4, 0.5) is 13.2 Å². The van der Waals surface area contributed by atoms with E-state index in [4.69, 9.17) is 0 Å². The van der Waals surface area contributed by atoms with Gasteiger partial charge in [0.25, 0.3) is 5.56 Å². The van der Waals surface area contributed by atoms with Gasteiger partial charge in [-0.25, -0.2) is 4.57 Å². The first-order valence-electron chi connectivity index (χ1n) is 8.42. The number of para-hydroxylation sites is 1. The van der Waals surface area contributed by atoms with Gasteiger partial charge in [-0.15, -0.1) is 10.2 Å².